The van der Waals surface area contributed by atoms with Crippen LogP contribution in [0.4, 0.5) is 5.82 Å². The topological polar surface area (TPSA) is 116 Å². The maximum Gasteiger partial charge on any atom is 0.295 e. The number of ether oxygens (including phenoxy) is 1. The van der Waals surface area contributed by atoms with Crippen molar-refractivity contribution >= 4 is 40.0 Å². The van der Waals surface area contributed by atoms with Crippen LogP contribution in [0.3, 0.4) is 0 Å². The van der Waals surface area contributed by atoms with Crippen LogP contribution in [0.25, 0.3) is 0 Å². The lowest BCUT2D eigenvalue weighted by atomic mass is 9.80. The molecule has 2 aliphatic rings. The van der Waals surface area contributed by atoms with E-state index in [1.165, 1.54) is 11.3 Å². The van der Waals surface area contributed by atoms with Gasteiger partial charge in [0.25, 0.3) is 5.91 Å². The monoisotopic (exact) mass is 393 g/mol. The number of nitrogens with zero attached hydrogens (tertiary/aromatic N) is 3. The van der Waals surface area contributed by atoms with Gasteiger partial charge in [-0.05, 0) is 20.3 Å². The van der Waals surface area contributed by atoms with E-state index in [2.05, 4.69) is 22.4 Å². The van der Waals surface area contributed by atoms with E-state index in [0.717, 1.165) is 17.2 Å². The summed E-state index contributed by atoms with van der Waals surface area (Å²) in [6.45, 7) is 4.28. The van der Waals surface area contributed by atoms with Crippen LogP contribution in [0, 0.1) is 12.8 Å². The molecule has 0 saturated carbocycles. The number of hydrogen-bond acceptors (Lipinski definition) is 9. The zero-order valence-electron chi connectivity index (χ0n) is 14.4. The molecule has 1 amide bonds. The van der Waals surface area contributed by atoms with E-state index in [-0.39, 0.29) is 17.8 Å². The summed E-state index contributed by atoms with van der Waals surface area (Å²) in [5, 5.41) is 9.63. The first-order chi connectivity index (χ1) is 12.5. The highest BCUT2D eigenvalue weighted by atomic mass is 32.2. The largest absolute Gasteiger partial charge is 0.379 e. The van der Waals surface area contributed by atoms with E-state index in [1.807, 2.05) is 0 Å². The molecule has 0 bridgehead atoms. The molecule has 26 heavy (non-hydrogen) atoms. The first kappa shape index (κ1) is 17.5. The molecule has 10 heteroatoms. The molecule has 2 aromatic heterocycles. The van der Waals surface area contributed by atoms with Crippen LogP contribution < -0.4 is 11.1 Å². The third kappa shape index (κ3) is 3.12. The van der Waals surface area contributed by atoms with Crippen LogP contribution >= 0.6 is 23.1 Å². The number of carbonyl (C=O) groups excluding carboxylic acids is 1. The van der Waals surface area contributed by atoms with Crippen LogP contribution in [0.15, 0.2) is 21.0 Å². The maximum atomic E-state index is 12.2. The van der Waals surface area contributed by atoms with Crippen LogP contribution in [0.5, 0.6) is 0 Å². The average Bonchev–Trinajstić information content (AvgIpc) is 3.24. The molecule has 8 nitrogen and oxygen atoms in total. The summed E-state index contributed by atoms with van der Waals surface area (Å²) in [7, 11) is 0. The van der Waals surface area contributed by atoms with E-state index in [0.29, 0.717) is 29.2 Å². The van der Waals surface area contributed by atoms with Gasteiger partial charge >= 0.3 is 0 Å². The summed E-state index contributed by atoms with van der Waals surface area (Å²) in [5.74, 6) is 1.42. The molecule has 1 fully saturated rings. The number of thiazole rings is 1. The number of carbonyl (C=O) groups is 1. The molecule has 0 aromatic carbocycles. The van der Waals surface area contributed by atoms with Gasteiger partial charge in [-0.3, -0.25) is 4.79 Å². The van der Waals surface area contributed by atoms with Gasteiger partial charge in [0.05, 0.1) is 18.4 Å². The lowest BCUT2D eigenvalue weighted by Crippen LogP contribution is -2.49. The van der Waals surface area contributed by atoms with Crippen molar-refractivity contribution in [3.05, 3.63) is 27.9 Å². The second kappa shape index (κ2) is 6.67. The summed E-state index contributed by atoms with van der Waals surface area (Å²) in [6, 6.07) is 1.58. The highest BCUT2D eigenvalue weighted by Crippen LogP contribution is 2.46. The fraction of sp³-hybridized carbons (Fsp3) is 0.500. The number of nitrogens with two attached hydrogens (primary N) is 1. The molecular weight excluding hydrogens is 374 g/mol. The normalized spacial score (nSPS) is 28.3. The van der Waals surface area contributed by atoms with E-state index in [9.17, 15) is 4.79 Å². The van der Waals surface area contributed by atoms with Crippen molar-refractivity contribution in [2.45, 2.75) is 31.9 Å². The quantitative estimate of drug-likeness (QED) is 0.822. The Bertz CT molecular complexity index is 864. The first-order valence-electron chi connectivity index (χ1n) is 8.26. The highest BCUT2D eigenvalue weighted by Gasteiger charge is 2.49. The van der Waals surface area contributed by atoms with Crippen LogP contribution in [-0.2, 0) is 10.3 Å². The number of amidine groups is 1. The first-order valence-corrected chi connectivity index (χ1v) is 10.1. The van der Waals surface area contributed by atoms with E-state index >= 15 is 0 Å². The van der Waals surface area contributed by atoms with Crippen molar-refractivity contribution in [1.82, 2.24) is 10.1 Å². The van der Waals surface area contributed by atoms with E-state index < -0.39 is 5.54 Å². The second-order valence-electron chi connectivity index (χ2n) is 6.56. The molecule has 0 unspecified atom stereocenters. The van der Waals surface area contributed by atoms with Crippen molar-refractivity contribution in [2.75, 3.05) is 17.7 Å². The van der Waals surface area contributed by atoms with E-state index in [4.69, 9.17) is 20.0 Å². The third-order valence-electron chi connectivity index (χ3n) is 4.59. The molecule has 2 aliphatic heterocycles. The summed E-state index contributed by atoms with van der Waals surface area (Å²) >= 11 is 3.03. The zero-order chi connectivity index (χ0) is 18.3. The Labute approximate surface area is 158 Å². The van der Waals surface area contributed by atoms with Gasteiger partial charge in [0.1, 0.15) is 16.4 Å². The van der Waals surface area contributed by atoms with Crippen molar-refractivity contribution in [2.24, 2.45) is 16.6 Å². The van der Waals surface area contributed by atoms with Gasteiger partial charge in [-0.15, -0.1) is 11.3 Å². The number of amides is 1. The molecule has 2 aromatic rings. The summed E-state index contributed by atoms with van der Waals surface area (Å²) < 4.78 is 10.9. The minimum atomic E-state index is -0.571. The van der Waals surface area contributed by atoms with Crippen molar-refractivity contribution < 1.29 is 14.1 Å². The number of aryl methyl sites for hydroxylation is 1. The van der Waals surface area contributed by atoms with Gasteiger partial charge in [0.2, 0.25) is 5.76 Å². The SMILES string of the molecule is Cc1cc(C(=O)Nc2csc([C@]34CO[C@@H](C)C[C@H]3CSC(N)=N4)n2)on1. The minimum Gasteiger partial charge on any atom is -0.379 e. The zero-order valence-corrected chi connectivity index (χ0v) is 16.0. The van der Waals surface area contributed by atoms with Gasteiger partial charge in [-0.1, -0.05) is 16.9 Å². The van der Waals surface area contributed by atoms with Gasteiger partial charge in [0, 0.05) is 23.1 Å². The fourth-order valence-electron chi connectivity index (χ4n) is 3.26. The Balaban J connectivity index is 1.59. The fourth-order valence-corrected chi connectivity index (χ4v) is 5.23. The van der Waals surface area contributed by atoms with Gasteiger partial charge in [0.15, 0.2) is 5.17 Å². The number of anilines is 1. The molecule has 0 radical (unpaired) electrons. The molecule has 0 spiro atoms. The number of thioether (sulfide) groups is 1. The molecule has 3 N–H and O–H groups in total. The highest BCUT2D eigenvalue weighted by molar-refractivity contribution is 8.13. The number of nitrogens with one attached hydrogen (secondary N) is 1. The molecule has 3 atom stereocenters. The van der Waals surface area contributed by atoms with Gasteiger partial charge < -0.3 is 20.3 Å². The lowest BCUT2D eigenvalue weighted by Gasteiger charge is -2.44. The smallest absolute Gasteiger partial charge is 0.295 e. The predicted octanol–water partition coefficient (Wildman–Crippen LogP) is 2.37. The van der Waals surface area contributed by atoms with E-state index in [1.54, 1.807) is 30.1 Å². The molecule has 138 valence electrons. The Morgan fingerprint density at radius 3 is 3.12 bits per heavy atom. The maximum absolute atomic E-state index is 12.2. The molecule has 4 rings (SSSR count). The molecular formula is C16H19N5O3S2. The standard InChI is InChI=1S/C16H19N5O3S2/c1-8-3-11(24-21-8)13(22)18-12-6-25-14(19-12)16-7-23-9(2)4-10(16)5-26-15(17)20-16/h3,6,9-10H,4-5,7H2,1-2H3,(H2,17,20)(H,18,22)/t9-,10-,16-/m0/s1. The number of aliphatic imine (C=N–C) groups is 1. The Kier molecular flexibility index (Phi) is 4.49. The number of rotatable bonds is 3. The lowest BCUT2D eigenvalue weighted by molar-refractivity contribution is -0.0466. The molecule has 4 heterocycles. The summed E-state index contributed by atoms with van der Waals surface area (Å²) in [4.78, 5) is 21.6. The number of hydrogen-bond donors (Lipinski definition) is 2. The molecule has 1 saturated heterocycles. The van der Waals surface area contributed by atoms with Crippen LogP contribution in [0.1, 0.15) is 34.6 Å². The average molecular weight is 393 g/mol. The molecule has 0 aliphatic carbocycles. The van der Waals surface area contributed by atoms with Crippen molar-refractivity contribution in [3.8, 4) is 0 Å². The van der Waals surface area contributed by atoms with Crippen LogP contribution in [-0.4, -0.2) is 39.7 Å². The summed E-state index contributed by atoms with van der Waals surface area (Å²) in [6.07, 6.45) is 1.10. The number of fused-ring (bicyclic) bond motifs is 1. The number of aromatic nitrogens is 2. The predicted molar refractivity (Wildman–Crippen MR) is 101 cm³/mol. The Morgan fingerprint density at radius 2 is 2.35 bits per heavy atom. The Hall–Kier alpha value is -1.91. The second-order valence-corrected chi connectivity index (χ2v) is 8.46. The Morgan fingerprint density at radius 1 is 1.50 bits per heavy atom. The van der Waals surface area contributed by atoms with Gasteiger partial charge in [-0.2, -0.15) is 0 Å². The van der Waals surface area contributed by atoms with Crippen molar-refractivity contribution in [1.29, 1.82) is 0 Å². The third-order valence-corrected chi connectivity index (χ3v) is 6.55. The minimum absolute atomic E-state index is 0.152. The summed E-state index contributed by atoms with van der Waals surface area (Å²) in [5.41, 5.74) is 6.09. The van der Waals surface area contributed by atoms with Gasteiger partial charge in [-0.25, -0.2) is 9.98 Å². The van der Waals surface area contributed by atoms with Crippen LogP contribution in [0.2, 0.25) is 0 Å². The van der Waals surface area contributed by atoms with Crippen molar-refractivity contribution in [3.63, 3.8) is 0 Å².